The lowest BCUT2D eigenvalue weighted by Crippen LogP contribution is -2.31. The van der Waals surface area contributed by atoms with Gasteiger partial charge in [-0.15, -0.1) is 0 Å². The lowest BCUT2D eigenvalue weighted by atomic mass is 10.1. The van der Waals surface area contributed by atoms with Gasteiger partial charge in [0.15, 0.2) is 5.58 Å². The van der Waals surface area contributed by atoms with E-state index < -0.39 is 0 Å². The third kappa shape index (κ3) is 2.65. The molecule has 1 aromatic heterocycles. The molecule has 0 bridgehead atoms. The van der Waals surface area contributed by atoms with Gasteiger partial charge in [0.05, 0.1) is 12.7 Å². The lowest BCUT2D eigenvalue weighted by Gasteiger charge is -2.19. The molecule has 0 radical (unpaired) electrons. The third-order valence-corrected chi connectivity index (χ3v) is 5.23. The van der Waals surface area contributed by atoms with Crippen molar-refractivity contribution in [1.82, 2.24) is 9.88 Å². The van der Waals surface area contributed by atoms with E-state index in [9.17, 15) is 4.79 Å². The number of rotatable bonds is 3. The molecule has 0 aliphatic carbocycles. The number of nitrogens with zero attached hydrogens (tertiary/aromatic N) is 3. The van der Waals surface area contributed by atoms with E-state index in [-0.39, 0.29) is 5.91 Å². The van der Waals surface area contributed by atoms with Gasteiger partial charge in [-0.25, -0.2) is 0 Å². The van der Waals surface area contributed by atoms with Crippen molar-refractivity contribution in [1.29, 1.82) is 0 Å². The molecular weight excluding hydrogens is 342 g/mol. The Labute approximate surface area is 156 Å². The van der Waals surface area contributed by atoms with Gasteiger partial charge in [-0.2, -0.15) is 4.98 Å². The van der Waals surface area contributed by atoms with Crippen LogP contribution in [0.1, 0.15) is 10.4 Å². The predicted octanol–water partition coefficient (Wildman–Crippen LogP) is 3.31. The van der Waals surface area contributed by atoms with E-state index >= 15 is 0 Å². The van der Waals surface area contributed by atoms with Crippen LogP contribution in [0.5, 0.6) is 5.75 Å². The fourth-order valence-electron chi connectivity index (χ4n) is 3.87. The van der Waals surface area contributed by atoms with Crippen molar-refractivity contribution >= 4 is 23.0 Å². The number of para-hydroxylation sites is 3. The Balaban J connectivity index is 1.35. The van der Waals surface area contributed by atoms with Gasteiger partial charge in [-0.3, -0.25) is 4.79 Å². The van der Waals surface area contributed by atoms with Gasteiger partial charge in [0.1, 0.15) is 11.3 Å². The molecule has 2 aliphatic rings. The van der Waals surface area contributed by atoms with E-state index in [1.165, 1.54) is 5.57 Å². The summed E-state index contributed by atoms with van der Waals surface area (Å²) in [7, 11) is 1.59. The summed E-state index contributed by atoms with van der Waals surface area (Å²) < 4.78 is 11.2. The number of fused-ring (bicyclic) bond motifs is 2. The van der Waals surface area contributed by atoms with E-state index in [4.69, 9.17) is 9.15 Å². The summed E-state index contributed by atoms with van der Waals surface area (Å²) in [5.74, 6) is 0.927. The van der Waals surface area contributed by atoms with Crippen LogP contribution in [0.3, 0.4) is 0 Å². The van der Waals surface area contributed by atoms with Crippen molar-refractivity contribution in [3.05, 3.63) is 65.9 Å². The van der Waals surface area contributed by atoms with Crippen LogP contribution in [0.15, 0.2) is 64.7 Å². The van der Waals surface area contributed by atoms with Crippen LogP contribution >= 0.6 is 0 Å². The van der Waals surface area contributed by atoms with Crippen LogP contribution in [0.2, 0.25) is 0 Å². The fourth-order valence-corrected chi connectivity index (χ4v) is 3.87. The van der Waals surface area contributed by atoms with Crippen LogP contribution in [-0.4, -0.2) is 42.5 Å². The summed E-state index contributed by atoms with van der Waals surface area (Å²) in [6, 6.07) is 15.7. The molecule has 3 aromatic rings. The molecule has 6 heteroatoms. The van der Waals surface area contributed by atoms with Crippen LogP contribution < -0.4 is 9.64 Å². The molecule has 6 nitrogen and oxygen atoms in total. The second kappa shape index (κ2) is 6.16. The Hall–Kier alpha value is -3.28. The number of methoxy groups -OCH3 is 1. The molecule has 0 saturated carbocycles. The van der Waals surface area contributed by atoms with Crippen molar-refractivity contribution in [2.24, 2.45) is 5.92 Å². The smallest absolute Gasteiger partial charge is 0.302 e. The normalized spacial score (nSPS) is 18.7. The van der Waals surface area contributed by atoms with Crippen LogP contribution in [0.4, 0.5) is 6.01 Å². The Morgan fingerprint density at radius 1 is 1.15 bits per heavy atom. The Bertz CT molecular complexity index is 1020. The second-order valence-corrected chi connectivity index (χ2v) is 6.90. The minimum Gasteiger partial charge on any atom is -0.496 e. The van der Waals surface area contributed by atoms with Gasteiger partial charge in [-0.1, -0.05) is 24.3 Å². The fraction of sp³-hybridized carbons (Fsp3) is 0.238. The highest BCUT2D eigenvalue weighted by Gasteiger charge is 2.37. The Morgan fingerprint density at radius 2 is 1.96 bits per heavy atom. The first kappa shape index (κ1) is 15.9. The number of carbonyl (C=O) groups is 1. The quantitative estimate of drug-likeness (QED) is 0.716. The number of ether oxygens (including phenoxy) is 1. The summed E-state index contributed by atoms with van der Waals surface area (Å²) in [5, 5.41) is 0. The number of anilines is 1. The monoisotopic (exact) mass is 361 g/mol. The number of carbonyl (C=O) groups excluding carboxylic acids is 1. The van der Waals surface area contributed by atoms with Crippen LogP contribution in [0, 0.1) is 5.92 Å². The summed E-state index contributed by atoms with van der Waals surface area (Å²) in [6.07, 6.45) is 2.07. The van der Waals surface area contributed by atoms with Crippen molar-refractivity contribution in [2.75, 3.05) is 31.6 Å². The number of likely N-dealkylation sites (tertiary alicyclic amines) is 1. The average molecular weight is 361 g/mol. The first-order valence-corrected chi connectivity index (χ1v) is 8.98. The molecule has 2 aliphatic heterocycles. The van der Waals surface area contributed by atoms with Gasteiger partial charge in [0, 0.05) is 31.8 Å². The van der Waals surface area contributed by atoms with E-state index in [1.807, 2.05) is 58.3 Å². The molecule has 1 amide bonds. The molecule has 0 spiro atoms. The number of amides is 1. The van der Waals surface area contributed by atoms with E-state index in [0.29, 0.717) is 36.3 Å². The average Bonchev–Trinajstić information content (AvgIpc) is 3.39. The molecular formula is C21H19N3O3. The van der Waals surface area contributed by atoms with E-state index in [2.05, 4.69) is 11.2 Å². The number of benzene rings is 2. The van der Waals surface area contributed by atoms with Crippen molar-refractivity contribution < 1.29 is 13.9 Å². The number of oxazole rings is 1. The Kier molecular flexibility index (Phi) is 3.63. The minimum atomic E-state index is 0.0103. The molecule has 3 heterocycles. The first-order chi connectivity index (χ1) is 13.2. The zero-order valence-electron chi connectivity index (χ0n) is 15.0. The maximum atomic E-state index is 12.9. The van der Waals surface area contributed by atoms with Gasteiger partial charge in [0.2, 0.25) is 0 Å². The highest BCUT2D eigenvalue weighted by atomic mass is 16.5. The molecule has 1 unspecified atom stereocenters. The van der Waals surface area contributed by atoms with Crippen molar-refractivity contribution in [2.45, 2.75) is 0 Å². The number of hydrogen-bond acceptors (Lipinski definition) is 5. The molecule has 0 N–H and O–H groups in total. The molecule has 136 valence electrons. The van der Waals surface area contributed by atoms with Crippen molar-refractivity contribution in [3.63, 3.8) is 0 Å². The summed E-state index contributed by atoms with van der Waals surface area (Å²) in [4.78, 5) is 21.4. The minimum absolute atomic E-state index is 0.0103. The van der Waals surface area contributed by atoms with Crippen molar-refractivity contribution in [3.8, 4) is 5.75 Å². The highest BCUT2D eigenvalue weighted by Crippen LogP contribution is 2.34. The maximum Gasteiger partial charge on any atom is 0.302 e. The second-order valence-electron chi connectivity index (χ2n) is 6.90. The Morgan fingerprint density at radius 3 is 2.78 bits per heavy atom. The maximum absolute atomic E-state index is 12.9. The third-order valence-electron chi connectivity index (χ3n) is 5.23. The zero-order chi connectivity index (χ0) is 18.4. The number of aromatic nitrogens is 1. The topological polar surface area (TPSA) is 58.8 Å². The highest BCUT2D eigenvalue weighted by molar-refractivity contribution is 5.97. The molecule has 5 rings (SSSR count). The molecule has 1 saturated heterocycles. The predicted molar refractivity (Wildman–Crippen MR) is 102 cm³/mol. The van der Waals surface area contributed by atoms with Gasteiger partial charge >= 0.3 is 6.01 Å². The van der Waals surface area contributed by atoms with Gasteiger partial charge < -0.3 is 19.0 Å². The van der Waals surface area contributed by atoms with Gasteiger partial charge in [-0.05, 0) is 29.8 Å². The standard InChI is InChI=1S/C21H19N3O3/c1-26-18-8-4-2-6-16(18)20(25)23-10-14-12-24(13-15(14)11-23)21-22-17-7-3-5-9-19(17)27-21/h2-9,12,15H,10-11,13H2,1H3. The van der Waals surface area contributed by atoms with E-state index in [1.54, 1.807) is 7.11 Å². The molecule has 27 heavy (non-hydrogen) atoms. The molecule has 2 aromatic carbocycles. The molecule has 1 fully saturated rings. The summed E-state index contributed by atoms with van der Waals surface area (Å²) >= 11 is 0. The van der Waals surface area contributed by atoms with Gasteiger partial charge in [0.25, 0.3) is 5.91 Å². The first-order valence-electron chi connectivity index (χ1n) is 8.98. The SMILES string of the molecule is COc1ccccc1C(=O)N1CC2=CN(c3nc4ccccc4o3)CC2C1. The summed E-state index contributed by atoms with van der Waals surface area (Å²) in [5.41, 5.74) is 3.49. The van der Waals surface area contributed by atoms with Crippen LogP contribution in [-0.2, 0) is 0 Å². The molecule has 1 atom stereocenters. The summed E-state index contributed by atoms with van der Waals surface area (Å²) in [6.45, 7) is 2.09. The lowest BCUT2D eigenvalue weighted by molar-refractivity contribution is 0.0785. The van der Waals surface area contributed by atoms with E-state index in [0.717, 1.165) is 17.6 Å². The van der Waals surface area contributed by atoms with Crippen LogP contribution in [0.25, 0.3) is 11.1 Å². The largest absolute Gasteiger partial charge is 0.496 e. The number of hydrogen-bond donors (Lipinski definition) is 0. The zero-order valence-corrected chi connectivity index (χ0v) is 15.0.